The number of ether oxygens (including phenoxy) is 2. The fourth-order valence-corrected chi connectivity index (χ4v) is 2.57. The number of fused-ring (bicyclic) bond motifs is 1. The Labute approximate surface area is 125 Å². The van der Waals surface area contributed by atoms with Gasteiger partial charge in [0.15, 0.2) is 12.1 Å². The quantitative estimate of drug-likeness (QED) is 0.426. The van der Waals surface area contributed by atoms with E-state index in [9.17, 15) is 19.2 Å². The Hall–Kier alpha value is -2.74. The van der Waals surface area contributed by atoms with E-state index in [2.05, 4.69) is 9.47 Å². The number of hydrogen-bond donors (Lipinski definition) is 0. The van der Waals surface area contributed by atoms with Gasteiger partial charge in [0.25, 0.3) is 11.8 Å². The Morgan fingerprint density at radius 2 is 1.32 bits per heavy atom. The first-order chi connectivity index (χ1) is 10.5. The van der Waals surface area contributed by atoms with Crippen LogP contribution in [0.4, 0.5) is 0 Å². The highest BCUT2D eigenvalue weighted by atomic mass is 16.5. The molecule has 0 unspecified atom stereocenters. The number of hydrazine groups is 1. The molecule has 0 aliphatic carbocycles. The zero-order chi connectivity index (χ0) is 16.0. The maximum Gasteiger partial charge on any atom is 0.327 e. The van der Waals surface area contributed by atoms with Gasteiger partial charge < -0.3 is 9.47 Å². The molecule has 8 nitrogen and oxygen atoms in total. The molecular formula is C14H12N2O6. The van der Waals surface area contributed by atoms with Crippen molar-refractivity contribution >= 4 is 23.8 Å². The number of nitrogens with zero attached hydrogens (tertiary/aromatic N) is 2. The Morgan fingerprint density at radius 1 is 0.909 bits per heavy atom. The van der Waals surface area contributed by atoms with Gasteiger partial charge in [0, 0.05) is 0 Å². The lowest BCUT2D eigenvalue weighted by Gasteiger charge is -2.15. The van der Waals surface area contributed by atoms with Crippen LogP contribution in [0, 0.1) is 0 Å². The molecule has 0 spiro atoms. The standard InChI is InChI=1S/C14H12N2O6/c1-21-13(19)9-10(14(20)22-2)15(9)16-11(17)7-5-3-4-6-8(7)12(16)18/h3-6,9-10H,1-2H3/t9-,10-/m0/s1. The van der Waals surface area contributed by atoms with Crippen molar-refractivity contribution in [2.45, 2.75) is 12.1 Å². The highest BCUT2D eigenvalue weighted by Crippen LogP contribution is 2.37. The molecule has 0 bridgehead atoms. The third-order valence-electron chi connectivity index (χ3n) is 3.67. The van der Waals surface area contributed by atoms with Gasteiger partial charge in [-0.1, -0.05) is 12.1 Å². The number of amides is 2. The van der Waals surface area contributed by atoms with Crippen molar-refractivity contribution in [2.24, 2.45) is 0 Å². The van der Waals surface area contributed by atoms with E-state index in [-0.39, 0.29) is 11.1 Å². The molecule has 114 valence electrons. The van der Waals surface area contributed by atoms with Gasteiger partial charge in [-0.15, -0.1) is 0 Å². The van der Waals surface area contributed by atoms with Crippen molar-refractivity contribution in [1.82, 2.24) is 10.0 Å². The fraction of sp³-hybridized carbons (Fsp3) is 0.286. The summed E-state index contributed by atoms with van der Waals surface area (Å²) < 4.78 is 9.20. The molecule has 1 aromatic rings. The SMILES string of the molecule is COC(=O)[C@@H]1[C@@H](C(=O)OC)N1N1C(=O)c2ccccc2C1=O. The zero-order valence-electron chi connectivity index (χ0n) is 11.8. The Kier molecular flexibility index (Phi) is 3.18. The molecule has 22 heavy (non-hydrogen) atoms. The first-order valence-electron chi connectivity index (χ1n) is 6.44. The van der Waals surface area contributed by atoms with E-state index in [0.717, 1.165) is 24.2 Å². The minimum Gasteiger partial charge on any atom is -0.468 e. The molecule has 0 N–H and O–H groups in total. The predicted octanol–water partition coefficient (Wildman–Crippen LogP) is -0.404. The highest BCUT2D eigenvalue weighted by molar-refractivity contribution is 6.21. The van der Waals surface area contributed by atoms with Crippen molar-refractivity contribution in [3.05, 3.63) is 35.4 Å². The average molecular weight is 304 g/mol. The molecule has 1 saturated heterocycles. The molecule has 2 aliphatic rings. The Bertz CT molecular complexity index is 643. The van der Waals surface area contributed by atoms with Crippen LogP contribution in [0.3, 0.4) is 0 Å². The van der Waals surface area contributed by atoms with Crippen LogP contribution in [-0.2, 0) is 19.1 Å². The highest BCUT2D eigenvalue weighted by Gasteiger charge is 2.65. The van der Waals surface area contributed by atoms with Gasteiger partial charge in [-0.05, 0) is 12.1 Å². The smallest absolute Gasteiger partial charge is 0.327 e. The minimum absolute atomic E-state index is 0.228. The summed E-state index contributed by atoms with van der Waals surface area (Å²) in [6.45, 7) is 0. The topological polar surface area (TPSA) is 93.0 Å². The number of imide groups is 1. The molecule has 1 aromatic carbocycles. The normalized spacial score (nSPS) is 25.7. The number of rotatable bonds is 3. The third kappa shape index (κ3) is 1.81. The summed E-state index contributed by atoms with van der Waals surface area (Å²) in [5.41, 5.74) is 0.457. The van der Waals surface area contributed by atoms with Crippen LogP contribution >= 0.6 is 0 Å². The van der Waals surface area contributed by atoms with E-state index >= 15 is 0 Å². The van der Waals surface area contributed by atoms with E-state index < -0.39 is 35.8 Å². The van der Waals surface area contributed by atoms with Gasteiger partial charge in [-0.2, -0.15) is 10.0 Å². The lowest BCUT2D eigenvalue weighted by atomic mass is 10.1. The van der Waals surface area contributed by atoms with Crippen LogP contribution < -0.4 is 0 Å². The average Bonchev–Trinajstić information content (AvgIpc) is 3.22. The summed E-state index contributed by atoms with van der Waals surface area (Å²) in [6.07, 6.45) is 0. The summed E-state index contributed by atoms with van der Waals surface area (Å²) in [7, 11) is 2.32. The minimum atomic E-state index is -1.04. The van der Waals surface area contributed by atoms with Crippen LogP contribution in [0.5, 0.6) is 0 Å². The van der Waals surface area contributed by atoms with Gasteiger partial charge in [0.1, 0.15) is 0 Å². The van der Waals surface area contributed by atoms with Crippen molar-refractivity contribution in [1.29, 1.82) is 0 Å². The summed E-state index contributed by atoms with van der Waals surface area (Å²) >= 11 is 0. The first kappa shape index (κ1) is 14.2. The van der Waals surface area contributed by atoms with Crippen molar-refractivity contribution in [3.8, 4) is 0 Å². The van der Waals surface area contributed by atoms with Gasteiger partial charge in [-0.25, -0.2) is 0 Å². The maximum absolute atomic E-state index is 12.4. The van der Waals surface area contributed by atoms with Gasteiger partial charge in [-0.3, -0.25) is 19.2 Å². The van der Waals surface area contributed by atoms with E-state index in [1.807, 2.05) is 0 Å². The van der Waals surface area contributed by atoms with Crippen molar-refractivity contribution in [2.75, 3.05) is 14.2 Å². The monoisotopic (exact) mass is 304 g/mol. The summed E-state index contributed by atoms with van der Waals surface area (Å²) in [5.74, 6) is -2.60. The van der Waals surface area contributed by atoms with Crippen LogP contribution in [0.15, 0.2) is 24.3 Å². The molecule has 1 fully saturated rings. The van der Waals surface area contributed by atoms with E-state index in [1.54, 1.807) is 12.1 Å². The summed E-state index contributed by atoms with van der Waals surface area (Å²) in [5, 5.41) is 1.89. The lowest BCUT2D eigenvalue weighted by molar-refractivity contribution is -0.144. The molecule has 2 heterocycles. The number of carbonyl (C=O) groups excluding carboxylic acids is 4. The number of benzene rings is 1. The second kappa shape index (κ2) is 4.92. The predicted molar refractivity (Wildman–Crippen MR) is 70.4 cm³/mol. The lowest BCUT2D eigenvalue weighted by Crippen LogP contribution is -2.38. The maximum atomic E-state index is 12.4. The van der Waals surface area contributed by atoms with Crippen LogP contribution in [0.2, 0.25) is 0 Å². The molecule has 8 heteroatoms. The third-order valence-corrected chi connectivity index (χ3v) is 3.67. The molecule has 3 rings (SSSR count). The molecule has 2 aliphatic heterocycles. The summed E-state index contributed by atoms with van der Waals surface area (Å²) in [4.78, 5) is 48.2. The van der Waals surface area contributed by atoms with Crippen molar-refractivity contribution < 1.29 is 28.7 Å². The zero-order valence-corrected chi connectivity index (χ0v) is 11.8. The molecular weight excluding hydrogens is 292 g/mol. The second-order valence-corrected chi connectivity index (χ2v) is 4.78. The fourth-order valence-electron chi connectivity index (χ4n) is 2.57. The Balaban J connectivity index is 1.95. The van der Waals surface area contributed by atoms with Crippen LogP contribution in [-0.4, -0.2) is 60.1 Å². The van der Waals surface area contributed by atoms with Gasteiger partial charge in [0.05, 0.1) is 25.3 Å². The van der Waals surface area contributed by atoms with Gasteiger partial charge >= 0.3 is 11.9 Å². The number of carbonyl (C=O) groups is 4. The van der Waals surface area contributed by atoms with Crippen LogP contribution in [0.25, 0.3) is 0 Å². The molecule has 2 atom stereocenters. The van der Waals surface area contributed by atoms with E-state index in [4.69, 9.17) is 0 Å². The first-order valence-corrected chi connectivity index (χ1v) is 6.44. The van der Waals surface area contributed by atoms with Crippen molar-refractivity contribution in [3.63, 3.8) is 0 Å². The van der Waals surface area contributed by atoms with E-state index in [0.29, 0.717) is 0 Å². The largest absolute Gasteiger partial charge is 0.468 e. The molecule has 0 radical (unpaired) electrons. The summed E-state index contributed by atoms with van der Waals surface area (Å²) in [6, 6.07) is 4.20. The molecule has 0 saturated carbocycles. The van der Waals surface area contributed by atoms with E-state index in [1.165, 1.54) is 12.1 Å². The molecule has 2 amide bonds. The second-order valence-electron chi connectivity index (χ2n) is 4.78. The number of hydrogen-bond acceptors (Lipinski definition) is 7. The van der Waals surface area contributed by atoms with Crippen LogP contribution in [0.1, 0.15) is 20.7 Å². The van der Waals surface area contributed by atoms with Gasteiger partial charge in [0.2, 0.25) is 0 Å². The number of methoxy groups -OCH3 is 2. The molecule has 0 aromatic heterocycles. The number of esters is 2. The Morgan fingerprint density at radius 3 is 1.68 bits per heavy atom.